The Labute approximate surface area is 138 Å². The van der Waals surface area contributed by atoms with Crippen molar-refractivity contribution in [3.8, 4) is 11.6 Å². The molecule has 5 nitrogen and oxygen atoms in total. The summed E-state index contributed by atoms with van der Waals surface area (Å²) in [4.78, 5) is 16.2. The smallest absolute Gasteiger partial charge is 0.262 e. The number of aromatic amines is 1. The Kier molecular flexibility index (Phi) is 3.30. The second kappa shape index (κ2) is 5.23. The largest absolute Gasteiger partial charge is 0.493 e. The number of hydrogen-bond acceptors (Lipinski definition) is 4. The molecule has 0 aliphatic carbocycles. The van der Waals surface area contributed by atoms with E-state index in [9.17, 15) is 4.79 Å². The second-order valence-electron chi connectivity index (χ2n) is 6.34. The molecule has 4 rings (SSSR count). The highest BCUT2D eigenvalue weighted by Crippen LogP contribution is 2.45. The van der Waals surface area contributed by atoms with Crippen molar-refractivity contribution >= 4 is 12.2 Å². The van der Waals surface area contributed by atoms with Gasteiger partial charge < -0.3 is 14.5 Å². The highest BCUT2D eigenvalue weighted by molar-refractivity contribution is 7.71. The number of ether oxygens (including phenoxy) is 2. The third-order valence-electron chi connectivity index (χ3n) is 4.58. The van der Waals surface area contributed by atoms with Gasteiger partial charge in [0.25, 0.3) is 5.56 Å². The lowest BCUT2D eigenvalue weighted by molar-refractivity contribution is 0.120. The summed E-state index contributed by atoms with van der Waals surface area (Å²) in [5.74, 6) is 1.47. The average molecular weight is 330 g/mol. The minimum atomic E-state index is -0.0647. The van der Waals surface area contributed by atoms with Gasteiger partial charge in [-0.3, -0.25) is 9.36 Å². The summed E-state index contributed by atoms with van der Waals surface area (Å²) in [6.07, 6.45) is 0. The molecule has 0 amide bonds. The fourth-order valence-corrected chi connectivity index (χ4v) is 3.93. The van der Waals surface area contributed by atoms with Crippen molar-refractivity contribution in [1.82, 2.24) is 9.55 Å². The Morgan fingerprint density at radius 3 is 2.78 bits per heavy atom. The monoisotopic (exact) mass is 330 g/mol. The lowest BCUT2D eigenvalue weighted by Gasteiger charge is -2.37. The number of nitrogens with one attached hydrogen (secondary N) is 1. The first-order valence-electron chi connectivity index (χ1n) is 7.81. The topological polar surface area (TPSA) is 56.2 Å². The number of fused-ring (bicyclic) bond motifs is 5. The fourth-order valence-electron chi connectivity index (χ4n) is 3.54. The SMILES string of the molecule is CC(C)n1c(=S)[nH]c2c(c1=O)[C@H]1c3ccccc3OC[C@H]1CO2. The van der Waals surface area contributed by atoms with Gasteiger partial charge in [-0.2, -0.15) is 0 Å². The van der Waals surface area contributed by atoms with Gasteiger partial charge in [0.1, 0.15) is 5.75 Å². The molecule has 0 fully saturated rings. The minimum Gasteiger partial charge on any atom is -0.493 e. The number of aromatic nitrogens is 2. The van der Waals surface area contributed by atoms with Crippen LogP contribution in [-0.2, 0) is 0 Å². The molecule has 1 aromatic heterocycles. The van der Waals surface area contributed by atoms with Crippen molar-refractivity contribution in [1.29, 1.82) is 0 Å². The van der Waals surface area contributed by atoms with Crippen molar-refractivity contribution in [3.63, 3.8) is 0 Å². The molecule has 0 bridgehead atoms. The second-order valence-corrected chi connectivity index (χ2v) is 6.73. The normalized spacial score (nSPS) is 21.7. The zero-order valence-corrected chi connectivity index (χ0v) is 13.9. The van der Waals surface area contributed by atoms with Gasteiger partial charge in [0.05, 0.1) is 18.8 Å². The van der Waals surface area contributed by atoms with Crippen LogP contribution in [0.4, 0.5) is 0 Å². The summed E-state index contributed by atoms with van der Waals surface area (Å²) < 4.78 is 13.6. The molecule has 3 heterocycles. The van der Waals surface area contributed by atoms with Crippen LogP contribution in [0.25, 0.3) is 0 Å². The van der Waals surface area contributed by atoms with Crippen LogP contribution < -0.4 is 15.0 Å². The molecule has 2 aliphatic rings. The van der Waals surface area contributed by atoms with E-state index in [1.807, 2.05) is 38.1 Å². The van der Waals surface area contributed by atoms with E-state index < -0.39 is 0 Å². The van der Waals surface area contributed by atoms with Crippen LogP contribution in [0.5, 0.6) is 11.6 Å². The number of benzene rings is 1. The number of rotatable bonds is 1. The number of H-pyrrole nitrogens is 1. The molecule has 0 saturated heterocycles. The Morgan fingerprint density at radius 1 is 1.26 bits per heavy atom. The Bertz CT molecular complexity index is 884. The molecule has 1 N–H and O–H groups in total. The predicted octanol–water partition coefficient (Wildman–Crippen LogP) is 3.02. The summed E-state index contributed by atoms with van der Waals surface area (Å²) in [6.45, 7) is 4.98. The maximum Gasteiger partial charge on any atom is 0.262 e. The molecular weight excluding hydrogens is 312 g/mol. The maximum atomic E-state index is 13.1. The maximum absolute atomic E-state index is 13.1. The van der Waals surface area contributed by atoms with Crippen LogP contribution in [0.3, 0.4) is 0 Å². The Balaban J connectivity index is 2.00. The number of nitrogens with zero attached hydrogens (tertiary/aromatic N) is 1. The molecule has 2 atom stereocenters. The van der Waals surface area contributed by atoms with Crippen LogP contribution in [-0.4, -0.2) is 22.8 Å². The molecular formula is C17H18N2O3S. The summed E-state index contributed by atoms with van der Waals surface area (Å²) in [5, 5.41) is 0. The van der Waals surface area contributed by atoms with Crippen LogP contribution >= 0.6 is 12.2 Å². The summed E-state index contributed by atoms with van der Waals surface area (Å²) in [7, 11) is 0. The quantitative estimate of drug-likeness (QED) is 0.817. The van der Waals surface area contributed by atoms with Gasteiger partial charge in [-0.15, -0.1) is 0 Å². The van der Waals surface area contributed by atoms with Gasteiger partial charge in [-0.05, 0) is 32.1 Å². The lowest BCUT2D eigenvalue weighted by atomic mass is 9.79. The van der Waals surface area contributed by atoms with E-state index in [2.05, 4.69) is 4.98 Å². The summed E-state index contributed by atoms with van der Waals surface area (Å²) in [5.41, 5.74) is 1.65. The molecule has 120 valence electrons. The molecule has 23 heavy (non-hydrogen) atoms. The zero-order valence-electron chi connectivity index (χ0n) is 13.0. The van der Waals surface area contributed by atoms with Crippen molar-refractivity contribution in [3.05, 3.63) is 50.5 Å². The third-order valence-corrected chi connectivity index (χ3v) is 4.88. The van der Waals surface area contributed by atoms with Crippen molar-refractivity contribution in [2.45, 2.75) is 25.8 Å². The van der Waals surface area contributed by atoms with Crippen LogP contribution in [0.2, 0.25) is 0 Å². The van der Waals surface area contributed by atoms with E-state index in [0.29, 0.717) is 29.4 Å². The standard InChI is InChI=1S/C17H18N2O3S/c1-9(2)19-16(20)14-13-10(8-22-15(14)18-17(19)23)7-21-12-6-4-3-5-11(12)13/h3-6,9-10,13H,7-8H2,1-2H3,(H,18,23)/t10-,13+/m0/s1. The van der Waals surface area contributed by atoms with E-state index in [-0.39, 0.29) is 23.4 Å². The van der Waals surface area contributed by atoms with Gasteiger partial charge in [0.15, 0.2) is 4.77 Å². The first-order valence-corrected chi connectivity index (χ1v) is 8.22. The molecule has 1 aromatic carbocycles. The summed E-state index contributed by atoms with van der Waals surface area (Å²) >= 11 is 5.33. The highest BCUT2D eigenvalue weighted by Gasteiger charge is 2.40. The third kappa shape index (κ3) is 2.12. The minimum absolute atomic E-state index is 0.00740. The number of hydrogen-bond donors (Lipinski definition) is 1. The van der Waals surface area contributed by atoms with E-state index in [4.69, 9.17) is 21.7 Å². The van der Waals surface area contributed by atoms with Gasteiger partial charge in [0, 0.05) is 23.4 Å². The van der Waals surface area contributed by atoms with Crippen molar-refractivity contribution < 1.29 is 9.47 Å². The van der Waals surface area contributed by atoms with Gasteiger partial charge in [-0.1, -0.05) is 18.2 Å². The van der Waals surface area contributed by atoms with Crippen molar-refractivity contribution in [2.75, 3.05) is 13.2 Å². The Morgan fingerprint density at radius 2 is 2.00 bits per heavy atom. The lowest BCUT2D eigenvalue weighted by Crippen LogP contribution is -2.40. The molecule has 6 heteroatoms. The summed E-state index contributed by atoms with van der Waals surface area (Å²) in [6, 6.07) is 7.90. The molecule has 0 radical (unpaired) electrons. The molecule has 0 saturated carbocycles. The van der Waals surface area contributed by atoms with E-state index >= 15 is 0 Å². The molecule has 2 aromatic rings. The van der Waals surface area contributed by atoms with E-state index in [0.717, 1.165) is 11.3 Å². The van der Waals surface area contributed by atoms with Crippen LogP contribution in [0.1, 0.15) is 36.9 Å². The van der Waals surface area contributed by atoms with Gasteiger partial charge in [0.2, 0.25) is 5.88 Å². The predicted molar refractivity (Wildman–Crippen MR) is 89.0 cm³/mol. The zero-order chi connectivity index (χ0) is 16.1. The van der Waals surface area contributed by atoms with Crippen LogP contribution in [0.15, 0.2) is 29.1 Å². The van der Waals surface area contributed by atoms with E-state index in [1.165, 1.54) is 0 Å². The van der Waals surface area contributed by atoms with Crippen molar-refractivity contribution in [2.24, 2.45) is 5.92 Å². The number of para-hydroxylation sites is 1. The molecule has 0 spiro atoms. The first kappa shape index (κ1) is 14.5. The Hall–Kier alpha value is -2.08. The highest BCUT2D eigenvalue weighted by atomic mass is 32.1. The molecule has 0 unspecified atom stereocenters. The average Bonchev–Trinajstić information content (AvgIpc) is 2.53. The van der Waals surface area contributed by atoms with E-state index in [1.54, 1.807) is 4.57 Å². The fraction of sp³-hybridized carbons (Fsp3) is 0.412. The molecule has 2 aliphatic heterocycles. The first-order chi connectivity index (χ1) is 11.1. The van der Waals surface area contributed by atoms with Crippen LogP contribution in [0, 0.1) is 10.7 Å². The van der Waals surface area contributed by atoms with Gasteiger partial charge in [-0.25, -0.2) is 0 Å². The van der Waals surface area contributed by atoms with Gasteiger partial charge >= 0.3 is 0 Å².